The van der Waals surface area contributed by atoms with E-state index in [1.165, 1.54) is 193 Å². The number of allylic oxidation sites excluding steroid dienone is 12. The van der Waals surface area contributed by atoms with E-state index in [9.17, 15) is 14.4 Å². The number of hydrogen-bond acceptors (Lipinski definition) is 6. The van der Waals surface area contributed by atoms with Gasteiger partial charge in [-0.05, 0) is 83.5 Å². The first-order valence-electron chi connectivity index (χ1n) is 33.4. The number of carbonyl (C=O) groups is 3. The standard InChI is InChI=1S/C71H126O6/c1-4-7-10-13-16-19-22-24-26-28-30-32-34-35-36-38-39-41-43-45-47-49-52-55-58-61-64-70(73)76-67-68(66-75-69(72)63-60-57-54-51-21-18-15-12-9-6-3)77-71(74)65-62-59-56-53-50-48-46-44-42-40-37-33-31-29-27-25-23-20-17-14-11-8-5-2/h8,11-12,15,17,20,25,27,31,33,40,42,68H,4-7,9-10,13-14,16,18-19,21-24,26,28-30,32,34-39,41,43-67H2,1-3H3/b11-8-,15-12-,20-17-,27-25-,33-31-,42-40-. The molecule has 0 aromatic heterocycles. The van der Waals surface area contributed by atoms with Gasteiger partial charge in [0.05, 0.1) is 0 Å². The van der Waals surface area contributed by atoms with Gasteiger partial charge in [-0.2, -0.15) is 0 Å². The molecule has 0 saturated heterocycles. The Kier molecular flexibility index (Phi) is 62.7. The lowest BCUT2D eigenvalue weighted by molar-refractivity contribution is -0.167. The number of ether oxygens (including phenoxy) is 3. The fraction of sp³-hybridized carbons (Fsp3) is 0.789. The van der Waals surface area contributed by atoms with Crippen LogP contribution in [0.25, 0.3) is 0 Å². The Hall–Kier alpha value is -3.15. The van der Waals surface area contributed by atoms with Crippen LogP contribution < -0.4 is 0 Å². The zero-order chi connectivity index (χ0) is 55.7. The fourth-order valence-corrected chi connectivity index (χ4v) is 9.71. The molecule has 446 valence electrons. The third-order valence-corrected chi connectivity index (χ3v) is 14.7. The van der Waals surface area contributed by atoms with Gasteiger partial charge in [-0.15, -0.1) is 0 Å². The van der Waals surface area contributed by atoms with Gasteiger partial charge in [0.25, 0.3) is 0 Å². The third-order valence-electron chi connectivity index (χ3n) is 14.7. The summed E-state index contributed by atoms with van der Waals surface area (Å²) in [4.78, 5) is 38.3. The van der Waals surface area contributed by atoms with Gasteiger partial charge < -0.3 is 14.2 Å². The topological polar surface area (TPSA) is 78.9 Å². The molecule has 0 aromatic carbocycles. The van der Waals surface area contributed by atoms with E-state index in [0.29, 0.717) is 19.3 Å². The lowest BCUT2D eigenvalue weighted by Gasteiger charge is -2.18. The summed E-state index contributed by atoms with van der Waals surface area (Å²) in [5.41, 5.74) is 0. The predicted molar refractivity (Wildman–Crippen MR) is 335 cm³/mol. The number of rotatable bonds is 61. The van der Waals surface area contributed by atoms with Crippen LogP contribution in [-0.4, -0.2) is 37.2 Å². The molecule has 0 amide bonds. The van der Waals surface area contributed by atoms with Crippen LogP contribution in [0.15, 0.2) is 72.9 Å². The van der Waals surface area contributed by atoms with E-state index in [2.05, 4.69) is 93.7 Å². The van der Waals surface area contributed by atoms with Crippen molar-refractivity contribution in [2.75, 3.05) is 13.2 Å². The Morgan fingerprint density at radius 3 is 0.857 bits per heavy atom. The molecular formula is C71H126O6. The Bertz CT molecular complexity index is 1420. The third kappa shape index (κ3) is 63.6. The maximum atomic E-state index is 12.9. The van der Waals surface area contributed by atoms with Crippen LogP contribution in [0.5, 0.6) is 0 Å². The predicted octanol–water partition coefficient (Wildman–Crippen LogP) is 22.9. The molecule has 0 bridgehead atoms. The molecule has 0 rings (SSSR count). The van der Waals surface area contributed by atoms with Gasteiger partial charge in [0.1, 0.15) is 13.2 Å². The van der Waals surface area contributed by atoms with Crippen LogP contribution in [0.2, 0.25) is 0 Å². The van der Waals surface area contributed by atoms with Crippen molar-refractivity contribution in [2.24, 2.45) is 0 Å². The second-order valence-electron chi connectivity index (χ2n) is 22.4. The van der Waals surface area contributed by atoms with Crippen molar-refractivity contribution in [3.05, 3.63) is 72.9 Å². The van der Waals surface area contributed by atoms with E-state index < -0.39 is 6.10 Å². The normalized spacial score (nSPS) is 12.5. The van der Waals surface area contributed by atoms with Crippen molar-refractivity contribution < 1.29 is 28.6 Å². The van der Waals surface area contributed by atoms with Crippen molar-refractivity contribution in [1.82, 2.24) is 0 Å². The maximum absolute atomic E-state index is 12.9. The Morgan fingerprint density at radius 1 is 0.273 bits per heavy atom. The van der Waals surface area contributed by atoms with Crippen LogP contribution in [0.1, 0.15) is 342 Å². The first-order valence-corrected chi connectivity index (χ1v) is 33.4. The first kappa shape index (κ1) is 73.8. The van der Waals surface area contributed by atoms with Crippen LogP contribution in [0.3, 0.4) is 0 Å². The summed E-state index contributed by atoms with van der Waals surface area (Å²) in [6.07, 6.45) is 85.1. The molecule has 0 aliphatic heterocycles. The van der Waals surface area contributed by atoms with Gasteiger partial charge in [0, 0.05) is 19.3 Å². The highest BCUT2D eigenvalue weighted by Gasteiger charge is 2.19. The quantitative estimate of drug-likeness (QED) is 0.0261. The second kappa shape index (κ2) is 65.4. The molecule has 0 radical (unpaired) electrons. The Labute approximate surface area is 478 Å². The highest BCUT2D eigenvalue weighted by molar-refractivity contribution is 5.71. The molecule has 0 fully saturated rings. The van der Waals surface area contributed by atoms with E-state index in [1.807, 2.05) is 0 Å². The monoisotopic (exact) mass is 1070 g/mol. The molecule has 0 spiro atoms. The van der Waals surface area contributed by atoms with Crippen LogP contribution in [0, 0.1) is 0 Å². The lowest BCUT2D eigenvalue weighted by Crippen LogP contribution is -2.30. The molecule has 0 aliphatic carbocycles. The fourth-order valence-electron chi connectivity index (χ4n) is 9.71. The first-order chi connectivity index (χ1) is 38.0. The molecule has 0 aliphatic rings. The van der Waals surface area contributed by atoms with Gasteiger partial charge in [-0.1, -0.05) is 312 Å². The average Bonchev–Trinajstić information content (AvgIpc) is 3.43. The minimum Gasteiger partial charge on any atom is -0.462 e. The second-order valence-corrected chi connectivity index (χ2v) is 22.4. The number of esters is 3. The van der Waals surface area contributed by atoms with Crippen LogP contribution in [0.4, 0.5) is 0 Å². The van der Waals surface area contributed by atoms with Gasteiger partial charge in [-0.3, -0.25) is 14.4 Å². The maximum Gasteiger partial charge on any atom is 0.306 e. The van der Waals surface area contributed by atoms with E-state index in [0.717, 1.165) is 109 Å². The highest BCUT2D eigenvalue weighted by Crippen LogP contribution is 2.18. The van der Waals surface area contributed by atoms with Crippen LogP contribution in [-0.2, 0) is 28.6 Å². The minimum absolute atomic E-state index is 0.0797. The molecule has 6 heteroatoms. The summed E-state index contributed by atoms with van der Waals surface area (Å²) in [5, 5.41) is 0. The summed E-state index contributed by atoms with van der Waals surface area (Å²) < 4.78 is 16.9. The molecule has 6 nitrogen and oxygen atoms in total. The van der Waals surface area contributed by atoms with Crippen molar-refractivity contribution >= 4 is 17.9 Å². The average molecular weight is 1080 g/mol. The van der Waals surface area contributed by atoms with Crippen molar-refractivity contribution in [2.45, 2.75) is 348 Å². The summed E-state index contributed by atoms with van der Waals surface area (Å²) in [6, 6.07) is 0. The van der Waals surface area contributed by atoms with Gasteiger partial charge >= 0.3 is 17.9 Å². The Balaban J connectivity index is 4.21. The summed E-state index contributed by atoms with van der Waals surface area (Å²) >= 11 is 0. The highest BCUT2D eigenvalue weighted by atomic mass is 16.6. The van der Waals surface area contributed by atoms with E-state index >= 15 is 0 Å². The van der Waals surface area contributed by atoms with E-state index in [4.69, 9.17) is 14.2 Å². The number of unbranched alkanes of at least 4 members (excludes halogenated alkanes) is 38. The van der Waals surface area contributed by atoms with Crippen molar-refractivity contribution in [3.63, 3.8) is 0 Å². The van der Waals surface area contributed by atoms with Crippen molar-refractivity contribution in [1.29, 1.82) is 0 Å². The summed E-state index contributed by atoms with van der Waals surface area (Å²) in [6.45, 7) is 6.49. The smallest absolute Gasteiger partial charge is 0.306 e. The molecule has 0 N–H and O–H groups in total. The molecule has 1 unspecified atom stereocenters. The molecule has 0 heterocycles. The largest absolute Gasteiger partial charge is 0.462 e. The zero-order valence-electron chi connectivity index (χ0n) is 51.2. The molecule has 0 aromatic rings. The number of hydrogen-bond donors (Lipinski definition) is 0. The SMILES string of the molecule is CC/C=C\C/C=C\C/C=C\C/C=C\C/C=C\CCCCCCCCCC(=O)OC(COC(=O)CCCCCCC/C=C\CCC)COC(=O)CCCCCCCCCCCCCCCCCCCCCCCCCCCC. The van der Waals surface area contributed by atoms with Gasteiger partial charge in [-0.25, -0.2) is 0 Å². The van der Waals surface area contributed by atoms with Gasteiger partial charge in [0.2, 0.25) is 0 Å². The molecule has 1 atom stereocenters. The number of carbonyl (C=O) groups excluding carboxylic acids is 3. The van der Waals surface area contributed by atoms with Crippen molar-refractivity contribution in [3.8, 4) is 0 Å². The molecular weight excluding hydrogens is 949 g/mol. The Morgan fingerprint density at radius 2 is 0.532 bits per heavy atom. The minimum atomic E-state index is -0.784. The van der Waals surface area contributed by atoms with Crippen LogP contribution >= 0.6 is 0 Å². The lowest BCUT2D eigenvalue weighted by atomic mass is 10.0. The van der Waals surface area contributed by atoms with Gasteiger partial charge in [0.15, 0.2) is 6.10 Å². The molecule has 0 saturated carbocycles. The van der Waals surface area contributed by atoms with E-state index in [1.54, 1.807) is 0 Å². The zero-order valence-corrected chi connectivity index (χ0v) is 51.2. The summed E-state index contributed by atoms with van der Waals surface area (Å²) in [5.74, 6) is -0.886. The molecule has 77 heavy (non-hydrogen) atoms. The summed E-state index contributed by atoms with van der Waals surface area (Å²) in [7, 11) is 0. The van der Waals surface area contributed by atoms with E-state index in [-0.39, 0.29) is 31.1 Å².